The molecule has 0 aliphatic carbocycles. The van der Waals surface area contributed by atoms with Crippen LogP contribution in [-0.4, -0.2) is 5.91 Å². The summed E-state index contributed by atoms with van der Waals surface area (Å²) < 4.78 is 0. The third-order valence-electron chi connectivity index (χ3n) is 1.59. The average molecular weight is 194 g/mol. The molecule has 0 atom stereocenters. The Morgan fingerprint density at radius 1 is 1.36 bits per heavy atom. The Balaban J connectivity index is 0.000000791. The van der Waals surface area contributed by atoms with Crippen molar-refractivity contribution in [1.82, 2.24) is 0 Å². The summed E-state index contributed by atoms with van der Waals surface area (Å²) in [4.78, 5) is 20.9. The van der Waals surface area contributed by atoms with Crippen LogP contribution in [-0.2, 0) is 0 Å². The number of aryl methyl sites for hydroxylation is 1. The summed E-state index contributed by atoms with van der Waals surface area (Å²) in [5.74, 6) is -0.556. The van der Waals surface area contributed by atoms with E-state index in [0.717, 1.165) is 5.56 Å². The van der Waals surface area contributed by atoms with Gasteiger partial charge in [-0.05, 0) is 29.8 Å². The molecule has 1 aromatic carbocycles. The third kappa shape index (κ3) is 2.97. The van der Waals surface area contributed by atoms with Crippen molar-refractivity contribution < 1.29 is 4.79 Å². The molecule has 0 aliphatic heterocycles. The van der Waals surface area contributed by atoms with E-state index in [-0.39, 0.29) is 5.69 Å². The monoisotopic (exact) mass is 194 g/mol. The van der Waals surface area contributed by atoms with Crippen LogP contribution in [0.1, 0.15) is 29.8 Å². The lowest BCUT2D eigenvalue weighted by molar-refractivity contribution is 0.100. The highest BCUT2D eigenvalue weighted by molar-refractivity contribution is 5.93. The van der Waals surface area contributed by atoms with Gasteiger partial charge in [-0.25, -0.2) is 0 Å². The highest BCUT2D eigenvalue weighted by Gasteiger charge is 2.03. The molecule has 14 heavy (non-hydrogen) atoms. The second-order valence-electron chi connectivity index (χ2n) is 2.46. The molecule has 0 aliphatic rings. The minimum atomic E-state index is -0.556. The van der Waals surface area contributed by atoms with Crippen molar-refractivity contribution in [3.05, 3.63) is 34.2 Å². The standard InChI is InChI=1S/C8H8N2O2.C2H6/c1-5-2-3-6(8(9)11)4-7(5)10-12;1-2/h2-4H,1H3,(H2,9,11);1-2H3. The lowest BCUT2D eigenvalue weighted by Crippen LogP contribution is -2.10. The first kappa shape index (κ1) is 12.3. The Bertz CT molecular complexity index is 335. The molecule has 4 heteroatoms. The minimum absolute atomic E-state index is 0.256. The van der Waals surface area contributed by atoms with Gasteiger partial charge in [0.1, 0.15) is 5.69 Å². The van der Waals surface area contributed by atoms with Crippen molar-refractivity contribution in [1.29, 1.82) is 0 Å². The predicted molar refractivity (Wildman–Crippen MR) is 56.5 cm³/mol. The molecule has 2 N–H and O–H groups in total. The molecule has 0 unspecified atom stereocenters. The third-order valence-corrected chi connectivity index (χ3v) is 1.59. The highest BCUT2D eigenvalue weighted by atomic mass is 16.3. The molecule has 4 nitrogen and oxygen atoms in total. The van der Waals surface area contributed by atoms with Crippen LogP contribution < -0.4 is 5.73 Å². The summed E-state index contributed by atoms with van der Waals surface area (Å²) in [6.45, 7) is 5.74. The Hall–Kier alpha value is -1.71. The van der Waals surface area contributed by atoms with Gasteiger partial charge in [0, 0.05) is 5.56 Å². The molecule has 0 saturated carbocycles. The summed E-state index contributed by atoms with van der Waals surface area (Å²) in [5, 5.41) is 2.76. The fraction of sp³-hybridized carbons (Fsp3) is 0.300. The Morgan fingerprint density at radius 3 is 2.36 bits per heavy atom. The van der Waals surface area contributed by atoms with E-state index in [9.17, 15) is 9.70 Å². The van der Waals surface area contributed by atoms with Gasteiger partial charge in [-0.15, -0.1) is 4.91 Å². The molecule has 0 radical (unpaired) electrons. The molecular weight excluding hydrogens is 180 g/mol. The number of carbonyl (C=O) groups excluding carboxylic acids is 1. The van der Waals surface area contributed by atoms with Crippen LogP contribution in [0.5, 0.6) is 0 Å². The zero-order valence-electron chi connectivity index (χ0n) is 8.57. The quantitative estimate of drug-likeness (QED) is 0.734. The Morgan fingerprint density at radius 2 is 1.93 bits per heavy atom. The topological polar surface area (TPSA) is 72.5 Å². The first-order valence-corrected chi connectivity index (χ1v) is 4.39. The molecule has 0 bridgehead atoms. The minimum Gasteiger partial charge on any atom is -0.366 e. The summed E-state index contributed by atoms with van der Waals surface area (Å²) in [6, 6.07) is 4.58. The average Bonchev–Trinajstić information content (AvgIpc) is 2.21. The van der Waals surface area contributed by atoms with Crippen molar-refractivity contribution in [2.45, 2.75) is 20.8 Å². The van der Waals surface area contributed by atoms with Gasteiger partial charge < -0.3 is 5.73 Å². The Labute approximate surface area is 83.1 Å². The molecule has 0 spiro atoms. The molecule has 0 saturated heterocycles. The molecule has 76 valence electrons. The summed E-state index contributed by atoms with van der Waals surface area (Å²) in [5.41, 5.74) is 6.29. The first-order chi connectivity index (χ1) is 6.65. The summed E-state index contributed by atoms with van der Waals surface area (Å²) in [7, 11) is 0. The summed E-state index contributed by atoms with van der Waals surface area (Å²) in [6.07, 6.45) is 0. The van der Waals surface area contributed by atoms with Gasteiger partial charge in [0.05, 0.1) is 0 Å². The van der Waals surface area contributed by atoms with Crippen LogP contribution in [0.25, 0.3) is 0 Å². The van der Waals surface area contributed by atoms with Crippen molar-refractivity contribution in [3.8, 4) is 0 Å². The van der Waals surface area contributed by atoms with Gasteiger partial charge in [-0.1, -0.05) is 19.9 Å². The molecule has 0 aromatic heterocycles. The zero-order valence-corrected chi connectivity index (χ0v) is 8.57. The van der Waals surface area contributed by atoms with Crippen LogP contribution in [0.3, 0.4) is 0 Å². The van der Waals surface area contributed by atoms with Gasteiger partial charge in [0.2, 0.25) is 5.91 Å². The number of benzene rings is 1. The van der Waals surface area contributed by atoms with Crippen molar-refractivity contribution >= 4 is 11.6 Å². The van der Waals surface area contributed by atoms with Crippen LogP contribution in [0.2, 0.25) is 0 Å². The van der Waals surface area contributed by atoms with E-state index in [0.29, 0.717) is 5.56 Å². The zero-order chi connectivity index (χ0) is 11.1. The van der Waals surface area contributed by atoms with Crippen molar-refractivity contribution in [3.63, 3.8) is 0 Å². The largest absolute Gasteiger partial charge is 0.366 e. The second kappa shape index (κ2) is 5.85. The van der Waals surface area contributed by atoms with Gasteiger partial charge >= 0.3 is 0 Å². The number of hydrogen-bond acceptors (Lipinski definition) is 3. The lowest BCUT2D eigenvalue weighted by Gasteiger charge is -1.98. The first-order valence-electron chi connectivity index (χ1n) is 4.39. The van der Waals surface area contributed by atoms with Crippen molar-refractivity contribution in [2.24, 2.45) is 10.9 Å². The number of amides is 1. The van der Waals surface area contributed by atoms with Gasteiger partial charge in [-0.2, -0.15) is 0 Å². The SMILES string of the molecule is CC.Cc1ccc(C(N)=O)cc1N=O. The van der Waals surface area contributed by atoms with Crippen LogP contribution in [0.4, 0.5) is 5.69 Å². The molecule has 0 heterocycles. The maximum Gasteiger partial charge on any atom is 0.248 e. The van der Waals surface area contributed by atoms with Gasteiger partial charge in [0.25, 0.3) is 0 Å². The fourth-order valence-electron chi connectivity index (χ4n) is 0.861. The van der Waals surface area contributed by atoms with Crippen LogP contribution >= 0.6 is 0 Å². The van der Waals surface area contributed by atoms with Crippen LogP contribution in [0.15, 0.2) is 23.4 Å². The number of nitroso groups, excluding NO2 is 1. The van der Waals surface area contributed by atoms with Gasteiger partial charge in [0.15, 0.2) is 0 Å². The number of hydrogen-bond donors (Lipinski definition) is 1. The second-order valence-corrected chi connectivity index (χ2v) is 2.46. The highest BCUT2D eigenvalue weighted by Crippen LogP contribution is 2.19. The number of nitrogens with two attached hydrogens (primary N) is 1. The number of nitrogens with zero attached hydrogens (tertiary/aromatic N) is 1. The van der Waals surface area contributed by atoms with E-state index in [1.54, 1.807) is 19.1 Å². The molecular formula is C10H14N2O2. The van der Waals surface area contributed by atoms with E-state index in [4.69, 9.17) is 5.73 Å². The van der Waals surface area contributed by atoms with E-state index in [2.05, 4.69) is 5.18 Å². The van der Waals surface area contributed by atoms with Crippen LogP contribution in [0, 0.1) is 11.8 Å². The maximum atomic E-state index is 10.7. The number of carbonyl (C=O) groups is 1. The van der Waals surface area contributed by atoms with E-state index < -0.39 is 5.91 Å². The molecule has 0 fully saturated rings. The normalized spacial score (nSPS) is 8.50. The number of rotatable bonds is 2. The van der Waals surface area contributed by atoms with E-state index in [1.807, 2.05) is 13.8 Å². The Kier molecular flexibility index (Phi) is 5.14. The predicted octanol–water partition coefficient (Wildman–Crippen LogP) is 2.52. The smallest absolute Gasteiger partial charge is 0.248 e. The fourth-order valence-corrected chi connectivity index (χ4v) is 0.861. The lowest BCUT2D eigenvalue weighted by atomic mass is 10.1. The van der Waals surface area contributed by atoms with E-state index in [1.165, 1.54) is 6.07 Å². The molecule has 1 amide bonds. The maximum absolute atomic E-state index is 10.7. The summed E-state index contributed by atoms with van der Waals surface area (Å²) >= 11 is 0. The van der Waals surface area contributed by atoms with Crippen molar-refractivity contribution in [2.75, 3.05) is 0 Å². The molecule has 1 rings (SSSR count). The molecule has 1 aromatic rings. The van der Waals surface area contributed by atoms with E-state index >= 15 is 0 Å². The number of primary amides is 1. The van der Waals surface area contributed by atoms with Gasteiger partial charge in [-0.3, -0.25) is 4.79 Å².